The minimum atomic E-state index is 0.0867. The molecule has 26 heavy (non-hydrogen) atoms. The van der Waals surface area contributed by atoms with Gasteiger partial charge in [0.15, 0.2) is 10.8 Å². The van der Waals surface area contributed by atoms with E-state index in [-0.39, 0.29) is 5.91 Å². The lowest BCUT2D eigenvalue weighted by molar-refractivity contribution is -0.116. The van der Waals surface area contributed by atoms with E-state index in [1.807, 2.05) is 34.9 Å². The van der Waals surface area contributed by atoms with Crippen molar-refractivity contribution >= 4 is 57.9 Å². The highest BCUT2D eigenvalue weighted by atomic mass is 35.5. The van der Waals surface area contributed by atoms with Crippen LogP contribution in [0.5, 0.6) is 0 Å². The first-order chi connectivity index (χ1) is 12.6. The number of nitrogens with one attached hydrogen (secondary N) is 1. The van der Waals surface area contributed by atoms with Crippen molar-refractivity contribution in [1.29, 1.82) is 0 Å². The summed E-state index contributed by atoms with van der Waals surface area (Å²) in [6.07, 6.45) is 2.54. The first kappa shape index (κ1) is 17.7. The topological polar surface area (TPSA) is 61.9 Å². The van der Waals surface area contributed by atoms with E-state index in [1.165, 1.54) is 16.7 Å². The van der Waals surface area contributed by atoms with Crippen molar-refractivity contribution in [3.05, 3.63) is 41.6 Å². The van der Waals surface area contributed by atoms with Crippen LogP contribution in [-0.4, -0.2) is 38.4 Å². The minimum absolute atomic E-state index is 0.0867. The molecule has 0 bridgehead atoms. The SMILES string of the molecule is C[C@@H]1CCN(C(=O)CSc2nc3ncc(Cl)cc3[nH]2)c2ccccc2S1. The highest BCUT2D eigenvalue weighted by Crippen LogP contribution is 2.37. The zero-order chi connectivity index (χ0) is 18.1. The van der Waals surface area contributed by atoms with Crippen LogP contribution in [0.25, 0.3) is 11.2 Å². The van der Waals surface area contributed by atoms with Crippen LogP contribution in [0.2, 0.25) is 5.02 Å². The van der Waals surface area contributed by atoms with Crippen LogP contribution in [0, 0.1) is 0 Å². The van der Waals surface area contributed by atoms with Crippen molar-refractivity contribution in [2.45, 2.75) is 28.6 Å². The van der Waals surface area contributed by atoms with Crippen LogP contribution in [0.1, 0.15) is 13.3 Å². The van der Waals surface area contributed by atoms with Crippen LogP contribution < -0.4 is 4.90 Å². The first-order valence-electron chi connectivity index (χ1n) is 8.30. The number of halogens is 1. The predicted octanol–water partition coefficient (Wildman–Crippen LogP) is 4.62. The Bertz CT molecular complexity index is 961. The Balaban J connectivity index is 1.50. The van der Waals surface area contributed by atoms with E-state index >= 15 is 0 Å². The standard InChI is InChI=1S/C18H17ClN4OS2/c1-11-6-7-23(14-4-2-3-5-15(14)26-11)16(24)10-25-18-21-13-8-12(19)9-20-17(13)22-18/h2-5,8-9,11H,6-7,10H2,1H3,(H,20,21,22)/t11-/m1/s1. The van der Waals surface area contributed by atoms with Gasteiger partial charge in [-0.2, -0.15) is 0 Å². The predicted molar refractivity (Wildman–Crippen MR) is 108 cm³/mol. The Morgan fingerprint density at radius 1 is 1.46 bits per heavy atom. The summed E-state index contributed by atoms with van der Waals surface area (Å²) < 4.78 is 0. The molecule has 1 atom stereocenters. The molecule has 1 amide bonds. The molecule has 1 aromatic carbocycles. The highest BCUT2D eigenvalue weighted by molar-refractivity contribution is 8.00. The molecule has 0 radical (unpaired) electrons. The van der Waals surface area contributed by atoms with Crippen LogP contribution >= 0.6 is 35.1 Å². The fraction of sp³-hybridized carbons (Fsp3) is 0.278. The fourth-order valence-corrected chi connectivity index (χ4v) is 4.89. The molecule has 0 unspecified atom stereocenters. The van der Waals surface area contributed by atoms with E-state index in [0.29, 0.717) is 26.8 Å². The van der Waals surface area contributed by atoms with E-state index in [4.69, 9.17) is 11.6 Å². The second kappa shape index (κ2) is 7.50. The van der Waals surface area contributed by atoms with Gasteiger partial charge in [0, 0.05) is 22.9 Å². The molecule has 0 fully saturated rings. The molecule has 0 saturated heterocycles. The van der Waals surface area contributed by atoms with Crippen molar-refractivity contribution in [2.24, 2.45) is 0 Å². The third-order valence-electron chi connectivity index (χ3n) is 4.16. The third kappa shape index (κ3) is 3.70. The third-order valence-corrected chi connectivity index (χ3v) is 6.46. The number of hydrogen-bond donors (Lipinski definition) is 1. The number of amides is 1. The van der Waals surface area contributed by atoms with Gasteiger partial charge in [0.25, 0.3) is 0 Å². The van der Waals surface area contributed by atoms with Gasteiger partial charge < -0.3 is 9.88 Å². The molecule has 134 valence electrons. The number of rotatable bonds is 3. The molecule has 1 aliphatic heterocycles. The summed E-state index contributed by atoms with van der Waals surface area (Å²) in [5.41, 5.74) is 2.39. The number of nitrogens with zero attached hydrogens (tertiary/aromatic N) is 3. The Hall–Kier alpha value is -1.70. The second-order valence-corrected chi connectivity index (χ2v) is 8.97. The quantitative estimate of drug-likeness (QED) is 0.645. The molecular weight excluding hydrogens is 388 g/mol. The van der Waals surface area contributed by atoms with Gasteiger partial charge in [0.05, 0.1) is 22.0 Å². The number of thioether (sulfide) groups is 2. The minimum Gasteiger partial charge on any atom is -0.331 e. The number of aromatic amines is 1. The summed E-state index contributed by atoms with van der Waals surface area (Å²) in [5.74, 6) is 0.407. The number of anilines is 1. The van der Waals surface area contributed by atoms with Crippen LogP contribution in [0.4, 0.5) is 5.69 Å². The summed E-state index contributed by atoms with van der Waals surface area (Å²) in [5, 5.41) is 1.73. The van der Waals surface area contributed by atoms with Crippen LogP contribution in [0.15, 0.2) is 46.6 Å². The molecule has 2 aromatic heterocycles. The fourth-order valence-electron chi connectivity index (χ4n) is 2.87. The average Bonchev–Trinajstić information content (AvgIpc) is 2.94. The van der Waals surface area contributed by atoms with Crippen LogP contribution in [0.3, 0.4) is 0 Å². The summed E-state index contributed by atoms with van der Waals surface area (Å²) in [7, 11) is 0. The maximum Gasteiger partial charge on any atom is 0.237 e. The van der Waals surface area contributed by atoms with Crippen molar-refractivity contribution in [1.82, 2.24) is 15.0 Å². The number of aromatic nitrogens is 3. The number of pyridine rings is 1. The van der Waals surface area contributed by atoms with Crippen molar-refractivity contribution in [3.8, 4) is 0 Å². The van der Waals surface area contributed by atoms with Gasteiger partial charge in [0.1, 0.15) is 0 Å². The van der Waals surface area contributed by atoms with Gasteiger partial charge in [-0.3, -0.25) is 4.79 Å². The number of carbonyl (C=O) groups is 1. The Morgan fingerprint density at radius 3 is 3.19 bits per heavy atom. The number of imidazole rings is 1. The van der Waals surface area contributed by atoms with E-state index in [1.54, 1.807) is 12.3 Å². The Kier molecular flexibility index (Phi) is 5.11. The highest BCUT2D eigenvalue weighted by Gasteiger charge is 2.24. The summed E-state index contributed by atoms with van der Waals surface area (Å²) in [6, 6.07) is 9.90. The van der Waals surface area contributed by atoms with Crippen molar-refractivity contribution in [3.63, 3.8) is 0 Å². The molecule has 3 heterocycles. The zero-order valence-corrected chi connectivity index (χ0v) is 16.5. The number of benzene rings is 1. The van der Waals surface area contributed by atoms with Gasteiger partial charge in [-0.05, 0) is 24.6 Å². The lowest BCUT2D eigenvalue weighted by Gasteiger charge is -2.22. The van der Waals surface area contributed by atoms with E-state index < -0.39 is 0 Å². The second-order valence-electron chi connectivity index (χ2n) is 6.09. The largest absolute Gasteiger partial charge is 0.331 e. The first-order valence-corrected chi connectivity index (χ1v) is 10.5. The van der Waals surface area contributed by atoms with E-state index in [9.17, 15) is 4.79 Å². The van der Waals surface area contributed by atoms with Gasteiger partial charge in [-0.25, -0.2) is 9.97 Å². The molecule has 8 heteroatoms. The molecule has 3 aromatic rings. The lowest BCUT2D eigenvalue weighted by atomic mass is 10.2. The smallest absolute Gasteiger partial charge is 0.237 e. The molecule has 1 N–H and O–H groups in total. The van der Waals surface area contributed by atoms with Gasteiger partial charge in [0.2, 0.25) is 5.91 Å². The van der Waals surface area contributed by atoms with Gasteiger partial charge >= 0.3 is 0 Å². The molecule has 1 aliphatic rings. The van der Waals surface area contributed by atoms with Gasteiger partial charge in [-0.15, -0.1) is 11.8 Å². The molecule has 5 nitrogen and oxygen atoms in total. The Morgan fingerprint density at radius 2 is 2.31 bits per heavy atom. The van der Waals surface area contributed by atoms with Crippen LogP contribution in [-0.2, 0) is 4.79 Å². The zero-order valence-electron chi connectivity index (χ0n) is 14.1. The normalized spacial score (nSPS) is 17.2. The molecule has 4 rings (SSSR count). The average molecular weight is 405 g/mol. The molecule has 0 aliphatic carbocycles. The number of para-hydroxylation sites is 1. The summed E-state index contributed by atoms with van der Waals surface area (Å²) >= 11 is 9.17. The van der Waals surface area contributed by atoms with Gasteiger partial charge in [-0.1, -0.05) is 42.4 Å². The van der Waals surface area contributed by atoms with E-state index in [0.717, 1.165) is 24.2 Å². The number of hydrogen-bond acceptors (Lipinski definition) is 5. The number of H-pyrrole nitrogens is 1. The summed E-state index contributed by atoms with van der Waals surface area (Å²) in [6.45, 7) is 2.94. The lowest BCUT2D eigenvalue weighted by Crippen LogP contribution is -2.33. The van der Waals surface area contributed by atoms with Crippen molar-refractivity contribution in [2.75, 3.05) is 17.2 Å². The maximum atomic E-state index is 12.9. The monoisotopic (exact) mass is 404 g/mol. The number of fused-ring (bicyclic) bond motifs is 2. The molecular formula is C18H17ClN4OS2. The Labute approximate surface area is 164 Å². The molecule has 0 spiro atoms. The molecule has 0 saturated carbocycles. The number of carbonyl (C=O) groups excluding carboxylic acids is 1. The maximum absolute atomic E-state index is 12.9. The van der Waals surface area contributed by atoms with Crippen molar-refractivity contribution < 1.29 is 4.79 Å². The van der Waals surface area contributed by atoms with E-state index in [2.05, 4.69) is 27.9 Å². The summed E-state index contributed by atoms with van der Waals surface area (Å²) in [4.78, 5) is 27.7.